The van der Waals surface area contributed by atoms with Crippen LogP contribution in [-0.4, -0.2) is 10.8 Å². The highest BCUT2D eigenvalue weighted by atomic mass is 32.1. The first-order valence-corrected chi connectivity index (χ1v) is 5.74. The Morgan fingerprint density at radius 1 is 1.41 bits per heavy atom. The van der Waals surface area contributed by atoms with Crippen molar-refractivity contribution in [2.75, 3.05) is 5.32 Å². The van der Waals surface area contributed by atoms with Gasteiger partial charge in [0, 0.05) is 11.3 Å². The van der Waals surface area contributed by atoms with Gasteiger partial charge in [0.05, 0.1) is 6.20 Å². The minimum atomic E-state index is 0.0394. The molecule has 1 aromatic carbocycles. The summed E-state index contributed by atoms with van der Waals surface area (Å²) < 4.78 is 0. The number of nitrogens with zero attached hydrogens (tertiary/aromatic N) is 2. The van der Waals surface area contributed by atoms with E-state index in [1.54, 1.807) is 12.1 Å². The molecule has 1 N–H and O–H groups in total. The molecule has 1 heterocycles. The Kier molecular flexibility index (Phi) is 3.17. The lowest BCUT2D eigenvalue weighted by molar-refractivity contribution is 0.101. The van der Waals surface area contributed by atoms with Crippen LogP contribution in [0.15, 0.2) is 30.5 Å². The maximum atomic E-state index is 11.1. The first kappa shape index (κ1) is 11.3. The highest BCUT2D eigenvalue weighted by Gasteiger charge is 2.02. The van der Waals surface area contributed by atoms with Crippen LogP contribution in [0.2, 0.25) is 0 Å². The molecule has 0 unspecified atom stereocenters. The molecule has 0 amide bonds. The molecule has 84 valence electrons. The van der Waals surface area contributed by atoms with Crippen LogP contribution in [0.1, 0.15) is 22.2 Å². The number of ketones is 1. The van der Waals surface area contributed by atoms with Crippen LogP contribution in [-0.2, 0) is 0 Å². The molecular formula is C12H9N3OS. The lowest BCUT2D eigenvalue weighted by atomic mass is 10.1. The standard InChI is InChI=1S/C12H9N3OS/c1-8(16)9-2-4-10(5-3-9)15-12-14-7-11(6-13)17-12/h2-5,7H,1H3,(H,14,15). The van der Waals surface area contributed by atoms with E-state index < -0.39 is 0 Å². The number of thiazole rings is 1. The van der Waals surface area contributed by atoms with Crippen LogP contribution < -0.4 is 5.32 Å². The van der Waals surface area contributed by atoms with E-state index in [0.29, 0.717) is 15.6 Å². The predicted octanol–water partition coefficient (Wildman–Crippen LogP) is 2.96. The Morgan fingerprint density at radius 3 is 2.65 bits per heavy atom. The van der Waals surface area contributed by atoms with Gasteiger partial charge in [-0.1, -0.05) is 11.3 Å². The molecule has 0 saturated heterocycles. The van der Waals surface area contributed by atoms with Crippen molar-refractivity contribution >= 4 is 27.9 Å². The fraction of sp³-hybridized carbons (Fsp3) is 0.0833. The third kappa shape index (κ3) is 2.68. The second kappa shape index (κ2) is 4.76. The zero-order valence-corrected chi connectivity index (χ0v) is 9.91. The molecule has 0 aliphatic heterocycles. The summed E-state index contributed by atoms with van der Waals surface area (Å²) in [6.45, 7) is 1.53. The quantitative estimate of drug-likeness (QED) is 0.842. The fourth-order valence-corrected chi connectivity index (χ4v) is 1.93. The number of carbonyl (C=O) groups is 1. The SMILES string of the molecule is CC(=O)c1ccc(Nc2ncc(C#N)s2)cc1. The second-order valence-corrected chi connectivity index (χ2v) is 4.43. The van der Waals surface area contributed by atoms with Gasteiger partial charge in [-0.2, -0.15) is 5.26 Å². The van der Waals surface area contributed by atoms with Gasteiger partial charge in [-0.05, 0) is 31.2 Å². The van der Waals surface area contributed by atoms with Crippen LogP contribution in [0.3, 0.4) is 0 Å². The largest absolute Gasteiger partial charge is 0.332 e. The molecule has 4 nitrogen and oxygen atoms in total. The van der Waals surface area contributed by atoms with Gasteiger partial charge in [-0.25, -0.2) is 4.98 Å². The molecular weight excluding hydrogens is 234 g/mol. The van der Waals surface area contributed by atoms with Gasteiger partial charge in [-0.3, -0.25) is 4.79 Å². The number of nitrogens with one attached hydrogen (secondary N) is 1. The number of Topliss-reactive ketones (excluding diaryl/α,β-unsaturated/α-hetero) is 1. The van der Waals surface area contributed by atoms with Crippen LogP contribution in [0.4, 0.5) is 10.8 Å². The van der Waals surface area contributed by atoms with Gasteiger partial charge in [-0.15, -0.1) is 0 Å². The normalized spacial score (nSPS) is 9.65. The van der Waals surface area contributed by atoms with Crippen molar-refractivity contribution in [2.24, 2.45) is 0 Å². The van der Waals surface area contributed by atoms with Gasteiger partial charge in [0.1, 0.15) is 10.9 Å². The fourth-order valence-electron chi connectivity index (χ4n) is 1.30. The molecule has 2 aromatic rings. The Bertz CT molecular complexity index is 581. The zero-order chi connectivity index (χ0) is 12.3. The van der Waals surface area contributed by atoms with E-state index in [2.05, 4.69) is 10.3 Å². The monoisotopic (exact) mass is 243 g/mol. The first-order valence-electron chi connectivity index (χ1n) is 4.93. The summed E-state index contributed by atoms with van der Waals surface area (Å²) in [6, 6.07) is 9.15. The van der Waals surface area contributed by atoms with Crippen molar-refractivity contribution in [2.45, 2.75) is 6.92 Å². The van der Waals surface area contributed by atoms with E-state index >= 15 is 0 Å². The summed E-state index contributed by atoms with van der Waals surface area (Å²) in [5.41, 5.74) is 1.52. The van der Waals surface area contributed by atoms with Crippen molar-refractivity contribution in [3.05, 3.63) is 40.9 Å². The van der Waals surface area contributed by atoms with E-state index in [9.17, 15) is 4.79 Å². The van der Waals surface area contributed by atoms with E-state index in [4.69, 9.17) is 5.26 Å². The summed E-state index contributed by atoms with van der Waals surface area (Å²) in [4.78, 5) is 15.7. The zero-order valence-electron chi connectivity index (χ0n) is 9.10. The number of rotatable bonds is 3. The molecule has 0 radical (unpaired) electrons. The topological polar surface area (TPSA) is 65.8 Å². The van der Waals surface area contributed by atoms with Gasteiger partial charge in [0.2, 0.25) is 0 Å². The van der Waals surface area contributed by atoms with E-state index in [0.717, 1.165) is 5.69 Å². The van der Waals surface area contributed by atoms with Crippen LogP contribution in [0.25, 0.3) is 0 Å². The maximum Gasteiger partial charge on any atom is 0.188 e. The number of anilines is 2. The van der Waals surface area contributed by atoms with Gasteiger partial charge >= 0.3 is 0 Å². The van der Waals surface area contributed by atoms with Crippen molar-refractivity contribution < 1.29 is 4.79 Å². The average Bonchev–Trinajstić information content (AvgIpc) is 2.77. The van der Waals surface area contributed by atoms with Crippen molar-refractivity contribution in [3.63, 3.8) is 0 Å². The molecule has 0 saturated carbocycles. The molecule has 2 rings (SSSR count). The summed E-state index contributed by atoms with van der Waals surface area (Å²) in [6.07, 6.45) is 1.52. The number of hydrogen-bond donors (Lipinski definition) is 1. The minimum absolute atomic E-state index is 0.0394. The predicted molar refractivity (Wildman–Crippen MR) is 66.6 cm³/mol. The first-order chi connectivity index (χ1) is 8.19. The van der Waals surface area contributed by atoms with E-state index in [1.165, 1.54) is 24.5 Å². The van der Waals surface area contributed by atoms with Crippen LogP contribution >= 0.6 is 11.3 Å². The molecule has 0 atom stereocenters. The Morgan fingerprint density at radius 2 is 2.12 bits per heavy atom. The van der Waals surface area contributed by atoms with Gasteiger partial charge < -0.3 is 5.32 Å². The number of hydrogen-bond acceptors (Lipinski definition) is 5. The highest BCUT2D eigenvalue weighted by Crippen LogP contribution is 2.22. The van der Waals surface area contributed by atoms with Crippen molar-refractivity contribution in [3.8, 4) is 6.07 Å². The number of nitriles is 1. The third-order valence-corrected chi connectivity index (χ3v) is 2.98. The highest BCUT2D eigenvalue weighted by molar-refractivity contribution is 7.16. The average molecular weight is 243 g/mol. The van der Waals surface area contributed by atoms with Gasteiger partial charge in [0.25, 0.3) is 0 Å². The summed E-state index contributed by atoms with van der Waals surface area (Å²) in [5.74, 6) is 0.0394. The van der Waals surface area contributed by atoms with Crippen molar-refractivity contribution in [1.82, 2.24) is 4.98 Å². The molecule has 1 aromatic heterocycles. The van der Waals surface area contributed by atoms with Gasteiger partial charge in [0.15, 0.2) is 10.9 Å². The van der Waals surface area contributed by atoms with E-state index in [-0.39, 0.29) is 5.78 Å². The third-order valence-electron chi connectivity index (χ3n) is 2.16. The molecule has 0 bridgehead atoms. The lowest BCUT2D eigenvalue weighted by Gasteiger charge is -2.02. The molecule has 0 fully saturated rings. The molecule has 0 spiro atoms. The number of aromatic nitrogens is 1. The smallest absolute Gasteiger partial charge is 0.188 e. The molecule has 0 aliphatic rings. The van der Waals surface area contributed by atoms with E-state index in [1.807, 2.05) is 18.2 Å². The maximum absolute atomic E-state index is 11.1. The summed E-state index contributed by atoms with van der Waals surface area (Å²) in [5, 5.41) is 12.4. The molecule has 17 heavy (non-hydrogen) atoms. The minimum Gasteiger partial charge on any atom is -0.332 e. The Balaban J connectivity index is 2.14. The summed E-state index contributed by atoms with van der Waals surface area (Å²) in [7, 11) is 0. The number of carbonyl (C=O) groups excluding carboxylic acids is 1. The lowest BCUT2D eigenvalue weighted by Crippen LogP contribution is -1.93. The van der Waals surface area contributed by atoms with Crippen LogP contribution in [0.5, 0.6) is 0 Å². The second-order valence-electron chi connectivity index (χ2n) is 3.40. The summed E-state index contributed by atoms with van der Waals surface area (Å²) >= 11 is 1.29. The number of benzene rings is 1. The Labute approximate surface area is 103 Å². The van der Waals surface area contributed by atoms with Crippen LogP contribution in [0, 0.1) is 11.3 Å². The molecule has 5 heteroatoms. The molecule has 0 aliphatic carbocycles. The Hall–Kier alpha value is -2.19. The van der Waals surface area contributed by atoms with Crippen molar-refractivity contribution in [1.29, 1.82) is 5.26 Å².